The van der Waals surface area contributed by atoms with Crippen LogP contribution in [0, 0.1) is 0 Å². The van der Waals surface area contributed by atoms with Gasteiger partial charge in [0.1, 0.15) is 22.3 Å². The molecule has 0 aliphatic carbocycles. The summed E-state index contributed by atoms with van der Waals surface area (Å²) in [7, 11) is 0. The summed E-state index contributed by atoms with van der Waals surface area (Å²) >= 11 is 0. The fourth-order valence-corrected chi connectivity index (χ4v) is 4.37. The lowest BCUT2D eigenvalue weighted by atomic mass is 9.89. The Morgan fingerprint density at radius 1 is 0.600 bits per heavy atom. The van der Waals surface area contributed by atoms with Crippen molar-refractivity contribution in [2.75, 3.05) is 0 Å². The molecule has 4 heteroatoms. The predicted octanol–water partition coefficient (Wildman–Crippen LogP) is 6.10. The standard InChI is InChI=1S/C26H17NO3/c27-26(28)25(15-9-11-23-19(13-15)17-5-1-3-7-21(17)29-23)16-10-12-24-20(14-16)18-6-2-4-8-22(18)30-24/h1-14,25H,(H2,27,28). The molecular formula is C26H17NO3. The number of hydrogen-bond acceptors (Lipinski definition) is 3. The molecule has 6 rings (SSSR count). The number of nitrogens with two attached hydrogens (primary N) is 1. The van der Waals surface area contributed by atoms with E-state index < -0.39 is 11.8 Å². The number of para-hydroxylation sites is 2. The number of benzene rings is 4. The van der Waals surface area contributed by atoms with Gasteiger partial charge in [0, 0.05) is 21.5 Å². The van der Waals surface area contributed by atoms with Crippen molar-refractivity contribution in [3.05, 3.63) is 96.1 Å². The smallest absolute Gasteiger partial charge is 0.229 e. The first-order valence-corrected chi connectivity index (χ1v) is 9.81. The van der Waals surface area contributed by atoms with Crippen molar-refractivity contribution < 1.29 is 13.6 Å². The summed E-state index contributed by atoms with van der Waals surface area (Å²) < 4.78 is 11.8. The molecule has 0 radical (unpaired) electrons. The van der Waals surface area contributed by atoms with E-state index in [0.717, 1.165) is 55.0 Å². The molecule has 0 fully saturated rings. The molecule has 144 valence electrons. The van der Waals surface area contributed by atoms with Crippen LogP contribution >= 0.6 is 0 Å². The third kappa shape index (κ3) is 2.44. The Kier molecular flexibility index (Phi) is 3.50. The van der Waals surface area contributed by atoms with Crippen molar-refractivity contribution >= 4 is 49.8 Å². The first kappa shape index (κ1) is 16.9. The molecule has 2 N–H and O–H groups in total. The number of carbonyl (C=O) groups is 1. The largest absolute Gasteiger partial charge is 0.456 e. The van der Waals surface area contributed by atoms with E-state index >= 15 is 0 Å². The Morgan fingerprint density at radius 2 is 1.03 bits per heavy atom. The van der Waals surface area contributed by atoms with Crippen molar-refractivity contribution in [2.45, 2.75) is 5.92 Å². The zero-order valence-electron chi connectivity index (χ0n) is 16.0. The van der Waals surface area contributed by atoms with Crippen LogP contribution in [0.25, 0.3) is 43.9 Å². The summed E-state index contributed by atoms with van der Waals surface area (Å²) in [5.41, 5.74) is 10.8. The summed E-state index contributed by atoms with van der Waals surface area (Å²) in [4.78, 5) is 12.6. The van der Waals surface area contributed by atoms with E-state index in [-0.39, 0.29) is 0 Å². The van der Waals surface area contributed by atoms with E-state index in [2.05, 4.69) is 0 Å². The SMILES string of the molecule is NC(=O)C(c1ccc2oc3ccccc3c2c1)c1ccc2oc3ccccc3c2c1. The lowest BCUT2D eigenvalue weighted by Gasteiger charge is -2.14. The average Bonchev–Trinajstić information content (AvgIpc) is 3.31. The van der Waals surface area contributed by atoms with Crippen LogP contribution in [0.3, 0.4) is 0 Å². The van der Waals surface area contributed by atoms with Crippen molar-refractivity contribution in [2.24, 2.45) is 5.73 Å². The third-order valence-electron chi connectivity index (χ3n) is 5.75. The lowest BCUT2D eigenvalue weighted by Crippen LogP contribution is -2.22. The van der Waals surface area contributed by atoms with Crippen LogP contribution in [0.5, 0.6) is 0 Å². The van der Waals surface area contributed by atoms with Gasteiger partial charge >= 0.3 is 0 Å². The Bertz CT molecular complexity index is 1470. The van der Waals surface area contributed by atoms with E-state index in [0.29, 0.717) is 0 Å². The van der Waals surface area contributed by atoms with Crippen LogP contribution in [0.1, 0.15) is 17.0 Å². The van der Waals surface area contributed by atoms with Gasteiger partial charge in [0.25, 0.3) is 0 Å². The average molecular weight is 391 g/mol. The Balaban J connectivity index is 1.56. The highest BCUT2D eigenvalue weighted by Gasteiger charge is 2.23. The van der Waals surface area contributed by atoms with Crippen molar-refractivity contribution in [3.63, 3.8) is 0 Å². The van der Waals surface area contributed by atoms with Gasteiger partial charge in [0.05, 0.1) is 5.92 Å². The number of fused-ring (bicyclic) bond motifs is 6. The maximum atomic E-state index is 12.6. The third-order valence-corrected chi connectivity index (χ3v) is 5.75. The molecule has 0 saturated carbocycles. The minimum atomic E-state index is -0.568. The molecule has 0 aliphatic heterocycles. The minimum Gasteiger partial charge on any atom is -0.456 e. The normalized spacial score (nSPS) is 11.9. The van der Waals surface area contributed by atoms with Gasteiger partial charge in [-0.2, -0.15) is 0 Å². The first-order chi connectivity index (χ1) is 14.7. The zero-order chi connectivity index (χ0) is 20.2. The molecule has 6 aromatic rings. The highest BCUT2D eigenvalue weighted by molar-refractivity contribution is 6.07. The second-order valence-corrected chi connectivity index (χ2v) is 7.54. The van der Waals surface area contributed by atoms with Gasteiger partial charge in [-0.05, 0) is 47.5 Å². The van der Waals surface area contributed by atoms with Crippen LogP contribution in [-0.4, -0.2) is 5.91 Å². The topological polar surface area (TPSA) is 69.4 Å². The molecule has 1 amide bonds. The molecule has 0 bridgehead atoms. The maximum absolute atomic E-state index is 12.6. The van der Waals surface area contributed by atoms with Crippen molar-refractivity contribution in [3.8, 4) is 0 Å². The maximum Gasteiger partial charge on any atom is 0.229 e. The number of rotatable bonds is 3. The predicted molar refractivity (Wildman–Crippen MR) is 118 cm³/mol. The van der Waals surface area contributed by atoms with Crippen LogP contribution in [0.15, 0.2) is 93.8 Å². The molecule has 0 saturated heterocycles. The van der Waals surface area contributed by atoms with E-state index in [1.54, 1.807) is 0 Å². The fraction of sp³-hybridized carbons (Fsp3) is 0.0385. The van der Waals surface area contributed by atoms with Crippen LogP contribution in [0.2, 0.25) is 0 Å². The van der Waals surface area contributed by atoms with Gasteiger partial charge in [-0.25, -0.2) is 0 Å². The van der Waals surface area contributed by atoms with Crippen LogP contribution in [0.4, 0.5) is 0 Å². The molecule has 0 spiro atoms. The van der Waals surface area contributed by atoms with Gasteiger partial charge in [-0.1, -0.05) is 48.5 Å². The molecule has 2 aromatic heterocycles. The number of furan rings is 2. The summed E-state index contributed by atoms with van der Waals surface area (Å²) in [6, 6.07) is 27.4. The van der Waals surface area contributed by atoms with Gasteiger partial charge in [-0.3, -0.25) is 4.79 Å². The van der Waals surface area contributed by atoms with E-state index in [1.807, 2.05) is 84.9 Å². The van der Waals surface area contributed by atoms with Crippen molar-refractivity contribution in [1.29, 1.82) is 0 Å². The zero-order valence-corrected chi connectivity index (χ0v) is 16.0. The number of carbonyl (C=O) groups excluding carboxylic acids is 1. The molecule has 0 unspecified atom stereocenters. The summed E-state index contributed by atoms with van der Waals surface area (Å²) in [5, 5.41) is 4.00. The van der Waals surface area contributed by atoms with E-state index in [1.165, 1.54) is 0 Å². The Labute approximate surface area is 171 Å². The molecule has 0 aliphatic rings. The summed E-state index contributed by atoms with van der Waals surface area (Å²) in [5.74, 6) is -0.963. The molecular weight excluding hydrogens is 374 g/mol. The van der Waals surface area contributed by atoms with Gasteiger partial charge < -0.3 is 14.6 Å². The second-order valence-electron chi connectivity index (χ2n) is 7.54. The summed E-state index contributed by atoms with van der Waals surface area (Å²) in [6.07, 6.45) is 0. The van der Waals surface area contributed by atoms with Gasteiger partial charge in [0.2, 0.25) is 5.91 Å². The van der Waals surface area contributed by atoms with Crippen molar-refractivity contribution in [1.82, 2.24) is 0 Å². The molecule has 4 aromatic carbocycles. The molecule has 0 atom stereocenters. The summed E-state index contributed by atoms with van der Waals surface area (Å²) in [6.45, 7) is 0. The monoisotopic (exact) mass is 391 g/mol. The number of hydrogen-bond donors (Lipinski definition) is 1. The van der Waals surface area contributed by atoms with Crippen LogP contribution in [-0.2, 0) is 4.79 Å². The second kappa shape index (κ2) is 6.22. The van der Waals surface area contributed by atoms with Gasteiger partial charge in [-0.15, -0.1) is 0 Å². The van der Waals surface area contributed by atoms with E-state index in [4.69, 9.17) is 14.6 Å². The lowest BCUT2D eigenvalue weighted by molar-refractivity contribution is -0.118. The number of amides is 1. The van der Waals surface area contributed by atoms with Crippen LogP contribution < -0.4 is 5.73 Å². The van der Waals surface area contributed by atoms with Gasteiger partial charge in [0.15, 0.2) is 0 Å². The highest BCUT2D eigenvalue weighted by atomic mass is 16.3. The first-order valence-electron chi connectivity index (χ1n) is 9.81. The Morgan fingerprint density at radius 3 is 1.50 bits per heavy atom. The molecule has 2 heterocycles. The fourth-order valence-electron chi connectivity index (χ4n) is 4.37. The minimum absolute atomic E-state index is 0.394. The molecule has 4 nitrogen and oxygen atoms in total. The molecule has 30 heavy (non-hydrogen) atoms. The number of primary amides is 1. The van der Waals surface area contributed by atoms with E-state index in [9.17, 15) is 4.79 Å². The quantitative estimate of drug-likeness (QED) is 0.396. The Hall–Kier alpha value is -4.05. The highest BCUT2D eigenvalue weighted by Crippen LogP contribution is 2.36.